The van der Waals surface area contributed by atoms with Gasteiger partial charge in [-0.1, -0.05) is 247 Å². The van der Waals surface area contributed by atoms with Gasteiger partial charge in [-0.3, -0.25) is 4.98 Å². The summed E-state index contributed by atoms with van der Waals surface area (Å²) in [5.41, 5.74) is 23.2. The number of rotatable bonds is 8. The molecular formula is C91H79N7. The van der Waals surface area contributed by atoms with Gasteiger partial charge in [0.25, 0.3) is 0 Å². The largest absolute Gasteiger partial charge is 0.308 e. The van der Waals surface area contributed by atoms with Crippen LogP contribution in [-0.4, -0.2) is 33.2 Å². The minimum atomic E-state index is -0.149. The van der Waals surface area contributed by atoms with Crippen LogP contribution in [0.2, 0.25) is 0 Å². The quantitative estimate of drug-likeness (QED) is 0.152. The predicted molar refractivity (Wildman–Crippen MR) is 414 cm³/mol. The topological polar surface area (TPSA) is 58.4 Å². The van der Waals surface area contributed by atoms with Crippen LogP contribution in [0.25, 0.3) is 155 Å². The Balaban J connectivity index is 1.25. The smallest absolute Gasteiger partial charge is 0.160 e. The molecule has 478 valence electrons. The van der Waals surface area contributed by atoms with E-state index in [0.29, 0.717) is 5.82 Å². The summed E-state index contributed by atoms with van der Waals surface area (Å²) in [6.45, 7) is 27.9. The van der Waals surface area contributed by atoms with Gasteiger partial charge in [0.15, 0.2) is 5.82 Å². The van der Waals surface area contributed by atoms with E-state index in [2.05, 4.69) is 356 Å². The fourth-order valence-corrected chi connectivity index (χ4v) is 15.4. The zero-order valence-corrected chi connectivity index (χ0v) is 58.0. The van der Waals surface area contributed by atoms with Crippen LogP contribution in [0.4, 0.5) is 0 Å². The normalized spacial score (nSPS) is 12.7. The van der Waals surface area contributed by atoms with Crippen molar-refractivity contribution < 1.29 is 0 Å². The van der Waals surface area contributed by atoms with Gasteiger partial charge in [-0.15, -0.1) is 0 Å². The number of para-hydroxylation sites is 4. The summed E-state index contributed by atoms with van der Waals surface area (Å²) >= 11 is 0. The maximum absolute atomic E-state index is 6.13. The Labute approximate surface area is 573 Å². The molecular weight excluding hydrogens is 1190 g/mol. The number of nitrogens with zero attached hydrogens (tertiary/aromatic N) is 7. The van der Waals surface area contributed by atoms with Gasteiger partial charge in [0.1, 0.15) is 0 Å². The van der Waals surface area contributed by atoms with Crippen LogP contribution in [0.3, 0.4) is 0 Å². The van der Waals surface area contributed by atoms with Gasteiger partial charge in [-0.25, -0.2) is 9.97 Å². The second-order valence-corrected chi connectivity index (χ2v) is 30.9. The molecule has 0 aliphatic rings. The zero-order valence-electron chi connectivity index (χ0n) is 58.0. The van der Waals surface area contributed by atoms with Crippen molar-refractivity contribution in [2.45, 2.75) is 105 Å². The minimum Gasteiger partial charge on any atom is -0.308 e. The maximum Gasteiger partial charge on any atom is 0.160 e. The van der Waals surface area contributed by atoms with Crippen LogP contribution < -0.4 is 0 Å². The van der Waals surface area contributed by atoms with Gasteiger partial charge in [-0.2, -0.15) is 0 Å². The number of fused-ring (bicyclic) bond motifs is 12. The predicted octanol–water partition coefficient (Wildman–Crippen LogP) is 24.1. The summed E-state index contributed by atoms with van der Waals surface area (Å²) in [5, 5.41) is 9.29. The molecule has 0 N–H and O–H groups in total. The Morgan fingerprint density at radius 3 is 0.939 bits per heavy atom. The van der Waals surface area contributed by atoms with Crippen molar-refractivity contribution in [3.63, 3.8) is 0 Å². The molecule has 0 atom stereocenters. The Morgan fingerprint density at radius 2 is 0.561 bits per heavy atom. The van der Waals surface area contributed by atoms with Crippen molar-refractivity contribution in [3.05, 3.63) is 283 Å². The van der Waals surface area contributed by atoms with E-state index in [-0.39, 0.29) is 21.7 Å². The summed E-state index contributed by atoms with van der Waals surface area (Å²) in [6, 6.07) is 93.0. The number of hydrogen-bond acceptors (Lipinski definition) is 3. The Kier molecular flexibility index (Phi) is 13.7. The third kappa shape index (κ3) is 9.63. The highest BCUT2D eigenvalue weighted by molar-refractivity contribution is 6.19. The lowest BCUT2D eigenvalue weighted by Gasteiger charge is -2.31. The molecule has 98 heavy (non-hydrogen) atoms. The van der Waals surface area contributed by atoms with E-state index in [1.54, 1.807) is 0 Å². The fourth-order valence-electron chi connectivity index (χ4n) is 15.4. The van der Waals surface area contributed by atoms with Crippen LogP contribution in [-0.2, 0) is 21.7 Å². The van der Waals surface area contributed by atoms with E-state index in [9.17, 15) is 0 Å². The van der Waals surface area contributed by atoms with E-state index in [1.165, 1.54) is 33.0 Å². The first kappa shape index (κ1) is 60.5. The van der Waals surface area contributed by atoms with Gasteiger partial charge in [-0.05, 0) is 129 Å². The average Bonchev–Trinajstić information content (AvgIpc) is 1.43. The standard InChI is InChI=1S/C91H79N7/c1-88(2,3)59-41-45-77-67(50-59)63-33-19-23-37-73(63)95(77)83-81(58-32-27-49-92-55-58)84(96-74-38-24-20-34-64(74)68-51-60(89(4,5)6)42-46-78(68)96)86(98-76-40-26-22-36-66(76)70-53-62(91(10,11)12)44-48-80(70)98)85(97-75-39-25-21-35-65(75)69-52-61(90(7,8)9)43-47-79(69)97)82(83)72-54-71(56-28-15-13-16-29-56)93-87(94-72)57-30-17-14-18-31-57/h13-55H,1-12H3. The lowest BCUT2D eigenvalue weighted by Crippen LogP contribution is -2.17. The summed E-state index contributed by atoms with van der Waals surface area (Å²) < 4.78 is 10.5. The van der Waals surface area contributed by atoms with Gasteiger partial charge < -0.3 is 18.3 Å². The maximum atomic E-state index is 6.13. The highest BCUT2D eigenvalue weighted by atomic mass is 15.1. The third-order valence-corrected chi connectivity index (χ3v) is 20.5. The molecule has 0 amide bonds. The lowest BCUT2D eigenvalue weighted by atomic mass is 9.86. The molecule has 17 aromatic rings. The van der Waals surface area contributed by atoms with Crippen LogP contribution in [0.5, 0.6) is 0 Å². The number of benzene rings is 11. The Hall–Kier alpha value is -11.2. The van der Waals surface area contributed by atoms with Crippen molar-refractivity contribution in [1.82, 2.24) is 33.2 Å². The molecule has 0 radical (unpaired) electrons. The molecule has 0 saturated carbocycles. The average molecular weight is 1270 g/mol. The van der Waals surface area contributed by atoms with Crippen molar-refractivity contribution >= 4 is 87.2 Å². The fraction of sp³-hybridized carbons (Fsp3) is 0.176. The molecule has 7 nitrogen and oxygen atoms in total. The lowest BCUT2D eigenvalue weighted by molar-refractivity contribution is 0.591. The first-order chi connectivity index (χ1) is 47.2. The monoisotopic (exact) mass is 1270 g/mol. The second-order valence-electron chi connectivity index (χ2n) is 30.9. The van der Waals surface area contributed by atoms with Crippen LogP contribution in [0, 0.1) is 0 Å². The number of hydrogen-bond donors (Lipinski definition) is 0. The summed E-state index contributed by atoms with van der Waals surface area (Å²) in [5.74, 6) is 0.616. The highest BCUT2D eigenvalue weighted by Gasteiger charge is 2.37. The SMILES string of the molecule is CC(C)(C)c1ccc2c(c1)c1ccccc1n2-c1c(-c2cccnc2)c(-n2c3ccccc3c3cc(C(C)(C)C)ccc32)c(-n2c3ccccc3c3cc(C(C)(C)C)ccc32)c(-n2c3ccccc3c3cc(C(C)(C)C)ccc32)c1-c1cc(-c2ccccc2)nc(-c2ccccc2)n1. The summed E-state index contributed by atoms with van der Waals surface area (Å²) in [6.07, 6.45) is 4.00. The third-order valence-electron chi connectivity index (χ3n) is 20.5. The molecule has 17 rings (SSSR count). The van der Waals surface area contributed by atoms with Gasteiger partial charge in [0, 0.05) is 77.7 Å². The summed E-state index contributed by atoms with van der Waals surface area (Å²) in [7, 11) is 0. The van der Waals surface area contributed by atoms with Crippen LogP contribution in [0.1, 0.15) is 105 Å². The molecule has 6 aromatic heterocycles. The highest BCUT2D eigenvalue weighted by Crippen LogP contribution is 2.55. The number of aromatic nitrogens is 7. The van der Waals surface area contributed by atoms with E-state index in [0.717, 1.165) is 138 Å². The first-order valence-electron chi connectivity index (χ1n) is 34.5. The van der Waals surface area contributed by atoms with Crippen LogP contribution in [0.15, 0.2) is 261 Å². The molecule has 0 bridgehead atoms. The molecule has 0 aliphatic heterocycles. The van der Waals surface area contributed by atoms with Gasteiger partial charge >= 0.3 is 0 Å². The van der Waals surface area contributed by atoms with E-state index < -0.39 is 0 Å². The Morgan fingerprint density at radius 1 is 0.245 bits per heavy atom. The minimum absolute atomic E-state index is 0.137. The number of pyridine rings is 1. The zero-order chi connectivity index (χ0) is 67.3. The molecule has 11 aromatic carbocycles. The molecule has 0 spiro atoms. The van der Waals surface area contributed by atoms with E-state index in [4.69, 9.17) is 15.0 Å². The van der Waals surface area contributed by atoms with Crippen molar-refractivity contribution in [3.8, 4) is 67.8 Å². The van der Waals surface area contributed by atoms with Gasteiger partial charge in [0.2, 0.25) is 0 Å². The molecule has 7 heteroatoms. The van der Waals surface area contributed by atoms with Crippen LogP contribution >= 0.6 is 0 Å². The molecule has 0 saturated heterocycles. The van der Waals surface area contributed by atoms with E-state index in [1.807, 2.05) is 6.20 Å². The molecule has 0 fully saturated rings. The van der Waals surface area contributed by atoms with Crippen molar-refractivity contribution in [2.75, 3.05) is 0 Å². The molecule has 6 heterocycles. The first-order valence-corrected chi connectivity index (χ1v) is 34.5. The summed E-state index contributed by atoms with van der Waals surface area (Å²) in [4.78, 5) is 16.9. The van der Waals surface area contributed by atoms with Crippen molar-refractivity contribution in [1.29, 1.82) is 0 Å². The van der Waals surface area contributed by atoms with E-state index >= 15 is 0 Å². The second kappa shape index (κ2) is 22.2. The Bertz CT molecular complexity index is 6010. The van der Waals surface area contributed by atoms with Gasteiger partial charge in [0.05, 0.1) is 83.8 Å². The van der Waals surface area contributed by atoms with Crippen molar-refractivity contribution in [2.24, 2.45) is 0 Å². The molecule has 0 unspecified atom stereocenters. The molecule has 0 aliphatic carbocycles.